The normalized spacial score (nSPS) is 13.0. The van der Waals surface area contributed by atoms with Gasteiger partial charge in [0.1, 0.15) is 5.75 Å². The first kappa shape index (κ1) is 20.9. The van der Waals surface area contributed by atoms with Crippen molar-refractivity contribution < 1.29 is 17.9 Å². The second kappa shape index (κ2) is 8.81. The zero-order valence-corrected chi connectivity index (χ0v) is 18.1. The van der Waals surface area contributed by atoms with Crippen LogP contribution in [0.15, 0.2) is 77.7 Å². The predicted octanol–water partition coefficient (Wildman–Crippen LogP) is 4.02. The second-order valence-corrected chi connectivity index (χ2v) is 9.18. The van der Waals surface area contributed by atoms with Gasteiger partial charge in [-0.2, -0.15) is 0 Å². The van der Waals surface area contributed by atoms with E-state index >= 15 is 0 Å². The average molecular weight is 437 g/mol. The first-order valence-corrected chi connectivity index (χ1v) is 11.6. The van der Waals surface area contributed by atoms with Gasteiger partial charge in [-0.25, -0.2) is 8.42 Å². The lowest BCUT2D eigenvalue weighted by atomic mass is 10.1. The maximum Gasteiger partial charge on any atom is 0.264 e. The average Bonchev–Trinajstić information content (AvgIpc) is 3.24. The molecule has 0 aliphatic carbocycles. The molecule has 6 nitrogen and oxygen atoms in total. The fourth-order valence-electron chi connectivity index (χ4n) is 3.56. The Hall–Kier alpha value is -3.32. The Kier molecular flexibility index (Phi) is 5.95. The molecule has 31 heavy (non-hydrogen) atoms. The lowest BCUT2D eigenvalue weighted by Crippen LogP contribution is -2.29. The number of ether oxygens (including phenoxy) is 1. The number of fused-ring (bicyclic) bond motifs is 1. The van der Waals surface area contributed by atoms with Gasteiger partial charge in [-0.1, -0.05) is 37.3 Å². The van der Waals surface area contributed by atoms with Crippen molar-refractivity contribution >= 4 is 27.3 Å². The molecule has 1 aliphatic heterocycles. The number of carbonyl (C=O) groups is 1. The number of hydrogen-bond donors (Lipinski definition) is 1. The van der Waals surface area contributed by atoms with E-state index in [0.717, 1.165) is 17.7 Å². The summed E-state index contributed by atoms with van der Waals surface area (Å²) in [5, 5.41) is 2.78. The van der Waals surface area contributed by atoms with Crippen molar-refractivity contribution in [1.82, 2.24) is 0 Å². The molecule has 0 aromatic heterocycles. The summed E-state index contributed by atoms with van der Waals surface area (Å²) in [5.74, 6) is 0.145. The fourth-order valence-corrected chi connectivity index (χ4v) is 5.07. The molecule has 7 heteroatoms. The number of nitrogens with zero attached hydrogens (tertiary/aromatic N) is 1. The van der Waals surface area contributed by atoms with E-state index < -0.39 is 10.0 Å². The number of para-hydroxylation sites is 1. The summed E-state index contributed by atoms with van der Waals surface area (Å²) in [6.45, 7) is 2.34. The van der Waals surface area contributed by atoms with E-state index in [2.05, 4.69) is 12.2 Å². The number of nitrogens with one attached hydrogen (secondary N) is 1. The largest absolute Gasteiger partial charge is 0.484 e. The van der Waals surface area contributed by atoms with Gasteiger partial charge in [0.2, 0.25) is 0 Å². The number of carbonyl (C=O) groups excluding carboxylic acids is 1. The summed E-state index contributed by atoms with van der Waals surface area (Å²) in [6.07, 6.45) is 1.64. The molecule has 0 bridgehead atoms. The van der Waals surface area contributed by atoms with E-state index in [1.807, 2.05) is 48.5 Å². The van der Waals surface area contributed by atoms with Crippen LogP contribution in [-0.4, -0.2) is 27.5 Å². The number of rotatable bonds is 7. The van der Waals surface area contributed by atoms with Gasteiger partial charge in [0.25, 0.3) is 15.9 Å². The van der Waals surface area contributed by atoms with Crippen LogP contribution in [0.3, 0.4) is 0 Å². The van der Waals surface area contributed by atoms with E-state index in [1.54, 1.807) is 12.1 Å². The predicted molar refractivity (Wildman–Crippen MR) is 121 cm³/mol. The molecule has 0 saturated carbocycles. The third-order valence-corrected chi connectivity index (χ3v) is 7.10. The van der Waals surface area contributed by atoms with Crippen LogP contribution in [-0.2, 0) is 27.7 Å². The molecule has 3 aromatic carbocycles. The van der Waals surface area contributed by atoms with E-state index in [0.29, 0.717) is 24.4 Å². The molecular weight excluding hydrogens is 412 g/mol. The van der Waals surface area contributed by atoms with Gasteiger partial charge in [-0.3, -0.25) is 9.10 Å². The van der Waals surface area contributed by atoms with Crippen LogP contribution in [0.25, 0.3) is 0 Å². The lowest BCUT2D eigenvalue weighted by molar-refractivity contribution is -0.118. The molecule has 1 heterocycles. The van der Waals surface area contributed by atoms with Crippen molar-refractivity contribution in [3.63, 3.8) is 0 Å². The SMILES string of the molecule is CCc1ccc(NC(=O)COc2ccc(S(=O)(=O)N3CCc4ccccc43)cc2)cc1. The van der Waals surface area contributed by atoms with Crippen molar-refractivity contribution in [2.45, 2.75) is 24.7 Å². The van der Waals surface area contributed by atoms with Crippen LogP contribution in [0.1, 0.15) is 18.1 Å². The topological polar surface area (TPSA) is 75.7 Å². The van der Waals surface area contributed by atoms with E-state index in [1.165, 1.54) is 22.0 Å². The molecule has 0 radical (unpaired) electrons. The van der Waals surface area contributed by atoms with E-state index in [4.69, 9.17) is 4.74 Å². The summed E-state index contributed by atoms with van der Waals surface area (Å²) in [7, 11) is -3.65. The van der Waals surface area contributed by atoms with Gasteiger partial charge in [0.05, 0.1) is 10.6 Å². The summed E-state index contributed by atoms with van der Waals surface area (Å²) >= 11 is 0. The zero-order valence-electron chi connectivity index (χ0n) is 17.2. The molecule has 0 atom stereocenters. The van der Waals surface area contributed by atoms with Crippen LogP contribution in [0.4, 0.5) is 11.4 Å². The molecule has 1 N–H and O–H groups in total. The van der Waals surface area contributed by atoms with Gasteiger partial charge < -0.3 is 10.1 Å². The molecule has 160 valence electrons. The van der Waals surface area contributed by atoms with Crippen LogP contribution < -0.4 is 14.4 Å². The first-order valence-electron chi connectivity index (χ1n) is 10.2. The maximum absolute atomic E-state index is 13.0. The fraction of sp³-hybridized carbons (Fsp3) is 0.208. The molecule has 1 aliphatic rings. The molecule has 0 saturated heterocycles. The highest BCUT2D eigenvalue weighted by Gasteiger charge is 2.30. The molecule has 3 aromatic rings. The number of benzene rings is 3. The van der Waals surface area contributed by atoms with Crippen molar-refractivity contribution in [2.24, 2.45) is 0 Å². The molecule has 0 fully saturated rings. The second-order valence-electron chi connectivity index (χ2n) is 7.31. The third kappa shape index (κ3) is 4.56. The van der Waals surface area contributed by atoms with Gasteiger partial charge >= 0.3 is 0 Å². The number of anilines is 2. The Bertz CT molecular complexity index is 1170. The number of sulfonamides is 1. The van der Waals surface area contributed by atoms with Gasteiger partial charge in [-0.05, 0) is 66.4 Å². The molecular formula is C24H24N2O4S. The summed E-state index contributed by atoms with van der Waals surface area (Å²) < 4.78 is 33.0. The highest BCUT2D eigenvalue weighted by Crippen LogP contribution is 2.33. The molecule has 4 rings (SSSR count). The molecule has 0 spiro atoms. The van der Waals surface area contributed by atoms with Crippen molar-refractivity contribution in [2.75, 3.05) is 22.8 Å². The standard InChI is InChI=1S/C24H24N2O4S/c1-2-18-7-9-20(10-8-18)25-24(27)17-30-21-11-13-22(14-12-21)31(28,29)26-16-15-19-5-3-4-6-23(19)26/h3-14H,2,15-17H2,1H3,(H,25,27). The molecule has 1 amide bonds. The van der Waals surface area contributed by atoms with Crippen LogP contribution >= 0.6 is 0 Å². The minimum atomic E-state index is -3.65. The Morgan fingerprint density at radius 1 is 1.00 bits per heavy atom. The molecule has 0 unspecified atom stereocenters. The summed E-state index contributed by atoms with van der Waals surface area (Å²) in [5.41, 5.74) is 3.66. The minimum absolute atomic E-state index is 0.166. The first-order chi connectivity index (χ1) is 15.0. The third-order valence-electron chi connectivity index (χ3n) is 5.27. The Balaban J connectivity index is 1.37. The Labute approximate surface area is 182 Å². The highest BCUT2D eigenvalue weighted by molar-refractivity contribution is 7.92. The van der Waals surface area contributed by atoms with Gasteiger partial charge in [-0.15, -0.1) is 0 Å². The van der Waals surface area contributed by atoms with E-state index in [9.17, 15) is 13.2 Å². The maximum atomic E-state index is 13.0. The van der Waals surface area contributed by atoms with Crippen LogP contribution in [0.2, 0.25) is 0 Å². The Morgan fingerprint density at radius 2 is 1.71 bits per heavy atom. The lowest BCUT2D eigenvalue weighted by Gasteiger charge is -2.19. The minimum Gasteiger partial charge on any atom is -0.484 e. The quantitative estimate of drug-likeness (QED) is 0.607. The monoisotopic (exact) mass is 436 g/mol. The number of amides is 1. The highest BCUT2D eigenvalue weighted by atomic mass is 32.2. The van der Waals surface area contributed by atoms with Crippen molar-refractivity contribution in [3.05, 3.63) is 83.9 Å². The van der Waals surface area contributed by atoms with Gasteiger partial charge in [0, 0.05) is 12.2 Å². The van der Waals surface area contributed by atoms with Crippen LogP contribution in [0, 0.1) is 0 Å². The summed E-state index contributed by atoms with van der Waals surface area (Å²) in [4.78, 5) is 12.3. The van der Waals surface area contributed by atoms with Gasteiger partial charge in [0.15, 0.2) is 6.61 Å². The smallest absolute Gasteiger partial charge is 0.264 e. The number of aryl methyl sites for hydroxylation is 1. The Morgan fingerprint density at radius 3 is 2.42 bits per heavy atom. The van der Waals surface area contributed by atoms with E-state index in [-0.39, 0.29) is 17.4 Å². The number of hydrogen-bond acceptors (Lipinski definition) is 4. The zero-order chi connectivity index (χ0) is 21.8. The van der Waals surface area contributed by atoms with Crippen molar-refractivity contribution in [1.29, 1.82) is 0 Å². The summed E-state index contributed by atoms with van der Waals surface area (Å²) in [6, 6.07) is 21.3. The van der Waals surface area contributed by atoms with Crippen LogP contribution in [0.5, 0.6) is 5.75 Å². The van der Waals surface area contributed by atoms with Crippen molar-refractivity contribution in [3.8, 4) is 5.75 Å².